The molecule has 2 N–H and O–H groups in total. The lowest BCUT2D eigenvalue weighted by atomic mass is 9.48. The summed E-state index contributed by atoms with van der Waals surface area (Å²) < 4.78 is 133. The highest BCUT2D eigenvalue weighted by atomic mass is 32.2. The zero-order valence-corrected chi connectivity index (χ0v) is 89.1. The van der Waals surface area contributed by atoms with Gasteiger partial charge in [-0.3, -0.25) is 19.2 Å². The maximum atomic E-state index is 12.8. The van der Waals surface area contributed by atoms with Gasteiger partial charge in [0.05, 0.1) is 81.1 Å². The Hall–Kier alpha value is -7.68. The van der Waals surface area contributed by atoms with Gasteiger partial charge in [0.2, 0.25) is 0 Å². The topological polar surface area (TPSA) is 164 Å². The summed E-state index contributed by atoms with van der Waals surface area (Å²) in [5.74, 6) is -3.60. The number of esters is 4. The van der Waals surface area contributed by atoms with Gasteiger partial charge >= 0.3 is 23.9 Å². The van der Waals surface area contributed by atoms with Crippen molar-refractivity contribution in [2.45, 2.75) is 308 Å². The smallest absolute Gasteiger partial charge is 0.312 e. The zero-order chi connectivity index (χ0) is 103. The minimum absolute atomic E-state index is 0.0146. The fourth-order valence-corrected chi connectivity index (χ4v) is 34.9. The lowest BCUT2D eigenvalue weighted by Gasteiger charge is -2.58. The Morgan fingerprint density at radius 2 is 0.472 bits per heavy atom. The lowest BCUT2D eigenvalue weighted by Crippen LogP contribution is -2.58. The van der Waals surface area contributed by atoms with Gasteiger partial charge in [0.15, 0.2) is 65.6 Å². The SMILES string of the molecule is CC(C)(C)c1ccc([S+]2CCOCC2)cc1.CC(C)(C)c1ccc([S+]2CCOCC2)cc1.CC(F)(F)COC(=O)C12CC3CC(CC(C3)C1)C2.CC(F)(F)COC(=O)C12CC3CC(CC(C3)C1)C2.CC(F)(F)COC(=O)C12CC3CC(CC(O)(C3)C1)C2.CC(F)(F)COC(=O)C12CC3CC(CC(O)(C3)C1)C2.c1ccc([S+](c2ccccc2)c2ccccc2)cc1.c1ccc([S+](c2ccccc2)c2ccccc2)cc1. The Balaban J connectivity index is 0.000000124. The normalized spacial score (nSPS) is 29.2. The number of ether oxygens (including phenoxy) is 6. The summed E-state index contributed by atoms with van der Waals surface area (Å²) in [6.07, 6.45) is 21.3. The van der Waals surface area contributed by atoms with Gasteiger partial charge in [0.1, 0.15) is 23.0 Å². The quantitative estimate of drug-likeness (QED) is 0.0322. The van der Waals surface area contributed by atoms with Crippen LogP contribution in [-0.2, 0) is 102 Å². The van der Waals surface area contributed by atoms with Crippen molar-refractivity contribution >= 4 is 67.5 Å². The molecule has 8 aromatic rings. The number of hydrogen-bond acceptors (Lipinski definition) is 12. The first-order chi connectivity index (χ1) is 68.2. The van der Waals surface area contributed by atoms with Crippen LogP contribution < -0.4 is 0 Å². The van der Waals surface area contributed by atoms with E-state index in [0.717, 1.165) is 131 Å². The van der Waals surface area contributed by atoms with E-state index in [2.05, 4.69) is 272 Å². The van der Waals surface area contributed by atoms with Crippen LogP contribution in [0, 0.1) is 80.8 Å². The van der Waals surface area contributed by atoms with Crippen molar-refractivity contribution in [1.29, 1.82) is 0 Å². The second-order valence-electron chi connectivity index (χ2n) is 47.0. The Morgan fingerprint density at radius 1 is 0.285 bits per heavy atom. The first-order valence-electron chi connectivity index (χ1n) is 52.3. The zero-order valence-electron chi connectivity index (χ0n) is 85.8. The third-order valence-corrected chi connectivity index (χ3v) is 40.5. The summed E-state index contributed by atoms with van der Waals surface area (Å²) in [5, 5.41) is 21.0. The predicted molar refractivity (Wildman–Crippen MR) is 557 cm³/mol. The molecular weight excluding hydrogens is 1910 g/mol. The number of hydrogen-bond donors (Lipinski definition) is 2. The Labute approximate surface area is 861 Å². The van der Waals surface area contributed by atoms with E-state index in [1.807, 2.05) is 0 Å². The molecule has 2 saturated heterocycles. The third-order valence-electron chi connectivity index (χ3n) is 31.6. The molecule has 12 nitrogen and oxygen atoms in total. The largest absolute Gasteiger partial charge is 0.459 e. The highest BCUT2D eigenvalue weighted by Gasteiger charge is 2.64. The molecule has 2 aliphatic heterocycles. The molecule has 0 aromatic heterocycles. The molecule has 2 heterocycles. The fraction of sp³-hybridized carbons (Fsp3) is 0.567. The first kappa shape index (κ1) is 110. The van der Waals surface area contributed by atoms with Crippen LogP contribution in [0.3, 0.4) is 0 Å². The molecule has 24 heteroatoms. The van der Waals surface area contributed by atoms with Crippen LogP contribution in [-0.4, -0.2) is 145 Å². The van der Waals surface area contributed by atoms with Gasteiger partial charge < -0.3 is 38.6 Å². The minimum atomic E-state index is -2.99. The number of alkyl halides is 8. The van der Waals surface area contributed by atoms with Crippen LogP contribution in [0.4, 0.5) is 35.1 Å². The van der Waals surface area contributed by atoms with Crippen LogP contribution in [0.25, 0.3) is 0 Å². The molecule has 18 aliphatic rings. The minimum Gasteiger partial charge on any atom is -0.459 e. The summed E-state index contributed by atoms with van der Waals surface area (Å²) in [7, 11) is 0.835. The van der Waals surface area contributed by atoms with Crippen molar-refractivity contribution in [3.8, 4) is 0 Å². The summed E-state index contributed by atoms with van der Waals surface area (Å²) in [6, 6.07) is 82.7. The molecule has 18 fully saturated rings. The van der Waals surface area contributed by atoms with Crippen molar-refractivity contribution in [2.75, 3.05) is 75.9 Å². The van der Waals surface area contributed by atoms with Gasteiger partial charge in [0, 0.05) is 49.5 Å². The van der Waals surface area contributed by atoms with E-state index < -0.39 is 94.9 Å². The number of halogens is 8. The van der Waals surface area contributed by atoms with E-state index in [1.54, 1.807) is 0 Å². The van der Waals surface area contributed by atoms with Crippen LogP contribution in [0.2, 0.25) is 0 Å². The molecule has 16 aliphatic carbocycles. The number of rotatable bonds is 20. The average Bonchev–Trinajstić information content (AvgIpc) is 0.717. The Morgan fingerprint density at radius 3 is 0.660 bits per heavy atom. The van der Waals surface area contributed by atoms with Gasteiger partial charge in [-0.25, -0.2) is 35.1 Å². The van der Waals surface area contributed by atoms with E-state index in [1.165, 1.54) is 112 Å². The summed E-state index contributed by atoms with van der Waals surface area (Å²) >= 11 is 0. The summed E-state index contributed by atoms with van der Waals surface area (Å²) in [5.41, 5.74) is -0.403. The Kier molecular flexibility index (Phi) is 35.9. The standard InChI is InChI=1S/2C18H15S.2C14H20F2O3.2C14H20F2O2.2C14H21OS/c2*1-4-10-16(11-5-1)19(17-12-6-2-7-13-17)18-14-8-3-9-15-18;2*1-12(15,16)8-19-11(17)13-3-9-2-10(4-13)6-14(18,5-9)7-13;2*1-13(15,16)8-18-12(17)14-5-9-2-10(6-14)4-11(3-9)7-14;2*1-14(2,3)12-4-6-13(7-5-12)16-10-8-15-9-11-16/h2*1-15H;2*9-10,18H,2-8H2,1H3;2*9-11H,2-8H2,1H3;2*4-7H,8-11H2,1-3H3/q2*+1;;;;;2*+1. The molecule has 4 atom stereocenters. The fourth-order valence-electron chi connectivity index (χ4n) is 27.0. The molecule has 4 unspecified atom stereocenters. The second kappa shape index (κ2) is 46.8. The van der Waals surface area contributed by atoms with Crippen molar-refractivity contribution in [3.63, 3.8) is 0 Å². The summed E-state index contributed by atoms with van der Waals surface area (Å²) in [4.78, 5) is 60.0. The van der Waals surface area contributed by atoms with Crippen molar-refractivity contribution in [1.82, 2.24) is 0 Å². The van der Waals surface area contributed by atoms with E-state index in [4.69, 9.17) is 28.4 Å². The number of benzene rings is 8. The van der Waals surface area contributed by atoms with Crippen LogP contribution in [0.15, 0.2) is 270 Å². The molecule has 8 aromatic carbocycles. The van der Waals surface area contributed by atoms with Gasteiger partial charge in [0.25, 0.3) is 23.7 Å². The molecule has 26 rings (SSSR count). The van der Waals surface area contributed by atoms with Crippen LogP contribution in [0.5, 0.6) is 0 Å². The van der Waals surface area contributed by atoms with Crippen molar-refractivity contribution in [2.24, 2.45) is 80.8 Å². The molecular formula is C120H152F8O12S4+4. The third kappa shape index (κ3) is 30.0. The van der Waals surface area contributed by atoms with E-state index in [9.17, 15) is 64.5 Å². The number of carbonyl (C=O) groups excluding carboxylic acids is 4. The van der Waals surface area contributed by atoms with E-state index >= 15 is 0 Å². The van der Waals surface area contributed by atoms with E-state index in [0.29, 0.717) is 119 Å². The number of aliphatic hydroxyl groups is 2. The average molecular weight is 2070 g/mol. The second-order valence-corrected chi connectivity index (χ2v) is 55.6. The highest BCUT2D eigenvalue weighted by Crippen LogP contribution is 2.66. The molecule has 0 radical (unpaired) electrons. The van der Waals surface area contributed by atoms with Gasteiger partial charge in [-0.2, -0.15) is 0 Å². The van der Waals surface area contributed by atoms with Crippen molar-refractivity contribution in [3.05, 3.63) is 242 Å². The number of carbonyl (C=O) groups is 4. The lowest BCUT2D eigenvalue weighted by molar-refractivity contribution is -0.201. The molecule has 16 saturated carbocycles. The van der Waals surface area contributed by atoms with Gasteiger partial charge in [-0.1, -0.05) is 175 Å². The van der Waals surface area contributed by atoms with E-state index in [-0.39, 0.29) is 44.6 Å². The van der Waals surface area contributed by atoms with Gasteiger partial charge in [-0.15, -0.1) is 0 Å². The van der Waals surface area contributed by atoms with Crippen molar-refractivity contribution < 1.29 is 92.9 Å². The predicted octanol–water partition coefficient (Wildman–Crippen LogP) is 27.4. The molecule has 16 bridgehead atoms. The Bertz CT molecular complexity index is 4810. The maximum absolute atomic E-state index is 12.8. The molecule has 0 amide bonds. The summed E-state index contributed by atoms with van der Waals surface area (Å²) in [6.45, 7) is 17.1. The monoisotopic (exact) mass is 2070 g/mol. The molecule has 0 spiro atoms. The maximum Gasteiger partial charge on any atom is 0.312 e. The molecule has 780 valence electrons. The van der Waals surface area contributed by atoms with Crippen LogP contribution >= 0.6 is 0 Å². The molecule has 144 heavy (non-hydrogen) atoms. The first-order valence-corrected chi connectivity index (χ1v) is 57.9. The highest BCUT2D eigenvalue weighted by molar-refractivity contribution is 7.98. The van der Waals surface area contributed by atoms with Gasteiger partial charge in [-0.05, 0) is 332 Å². The van der Waals surface area contributed by atoms with Crippen LogP contribution in [0.1, 0.15) is 234 Å².